The van der Waals surface area contributed by atoms with E-state index in [0.29, 0.717) is 25.7 Å². The first-order valence-corrected chi connectivity index (χ1v) is 5.54. The number of aliphatic hydroxyl groups excluding tert-OH is 2. The van der Waals surface area contributed by atoms with Crippen molar-refractivity contribution in [3.8, 4) is 0 Å². The number of carbonyl (C=O) groups excluding carboxylic acids is 1. The molecule has 0 saturated heterocycles. The Kier molecular flexibility index (Phi) is 8.33. The number of aliphatic hydroxyl groups is 2. The zero-order valence-electron chi connectivity index (χ0n) is 9.61. The standard InChI is InChI=1S/C11H22O4/c1-3-4-6-9(12)10(13)7-5-8-11(14)15-2/h9-10,12-13H,3-8H2,1-2H3/t9-,10+/m0/s1. The van der Waals surface area contributed by atoms with Crippen LogP contribution in [0.1, 0.15) is 45.4 Å². The van der Waals surface area contributed by atoms with Gasteiger partial charge in [0.1, 0.15) is 0 Å². The van der Waals surface area contributed by atoms with Crippen molar-refractivity contribution in [1.29, 1.82) is 0 Å². The number of rotatable bonds is 8. The maximum Gasteiger partial charge on any atom is 0.305 e. The van der Waals surface area contributed by atoms with Gasteiger partial charge in [-0.3, -0.25) is 4.79 Å². The highest BCUT2D eigenvalue weighted by atomic mass is 16.5. The van der Waals surface area contributed by atoms with Gasteiger partial charge in [-0.15, -0.1) is 0 Å². The molecule has 15 heavy (non-hydrogen) atoms. The average Bonchev–Trinajstić information content (AvgIpc) is 2.25. The maximum absolute atomic E-state index is 10.8. The Hall–Kier alpha value is -0.610. The number of methoxy groups -OCH3 is 1. The Morgan fingerprint density at radius 1 is 1.20 bits per heavy atom. The zero-order valence-corrected chi connectivity index (χ0v) is 9.61. The predicted molar refractivity (Wildman–Crippen MR) is 57.4 cm³/mol. The molecule has 0 amide bonds. The molecule has 2 atom stereocenters. The van der Waals surface area contributed by atoms with Crippen molar-refractivity contribution in [2.45, 2.75) is 57.7 Å². The van der Waals surface area contributed by atoms with Gasteiger partial charge in [0.15, 0.2) is 0 Å². The summed E-state index contributed by atoms with van der Waals surface area (Å²) in [6.45, 7) is 2.04. The van der Waals surface area contributed by atoms with Crippen LogP contribution in [0.5, 0.6) is 0 Å². The molecule has 4 nitrogen and oxygen atoms in total. The van der Waals surface area contributed by atoms with Crippen LogP contribution in [0.15, 0.2) is 0 Å². The van der Waals surface area contributed by atoms with Crippen molar-refractivity contribution < 1.29 is 19.7 Å². The Morgan fingerprint density at radius 2 is 1.73 bits per heavy atom. The van der Waals surface area contributed by atoms with Gasteiger partial charge in [0.25, 0.3) is 0 Å². The maximum atomic E-state index is 10.8. The van der Waals surface area contributed by atoms with Gasteiger partial charge in [0.05, 0.1) is 19.3 Å². The summed E-state index contributed by atoms with van der Waals surface area (Å²) in [5.41, 5.74) is 0. The third kappa shape index (κ3) is 7.33. The molecule has 0 unspecified atom stereocenters. The molecule has 0 aromatic rings. The van der Waals surface area contributed by atoms with Crippen molar-refractivity contribution in [2.75, 3.05) is 7.11 Å². The van der Waals surface area contributed by atoms with E-state index < -0.39 is 12.2 Å². The van der Waals surface area contributed by atoms with Crippen LogP contribution >= 0.6 is 0 Å². The van der Waals surface area contributed by atoms with Crippen LogP contribution < -0.4 is 0 Å². The quantitative estimate of drug-likeness (QED) is 0.601. The number of unbranched alkanes of at least 4 members (excludes halogenated alkanes) is 1. The average molecular weight is 218 g/mol. The summed E-state index contributed by atoms with van der Waals surface area (Å²) in [4.78, 5) is 10.8. The Balaban J connectivity index is 3.54. The molecule has 0 saturated carbocycles. The van der Waals surface area contributed by atoms with E-state index in [1.807, 2.05) is 6.92 Å². The SMILES string of the molecule is CCCC[C@H](O)[C@H](O)CCCC(=O)OC. The summed E-state index contributed by atoms with van der Waals surface area (Å²) in [5.74, 6) is -0.273. The van der Waals surface area contributed by atoms with Crippen LogP contribution in [0, 0.1) is 0 Å². The first-order valence-electron chi connectivity index (χ1n) is 5.54. The van der Waals surface area contributed by atoms with E-state index in [2.05, 4.69) is 4.74 Å². The molecule has 0 aromatic carbocycles. The molecule has 4 heteroatoms. The molecular formula is C11H22O4. The highest BCUT2D eigenvalue weighted by molar-refractivity contribution is 5.68. The van der Waals surface area contributed by atoms with Crippen molar-refractivity contribution in [3.05, 3.63) is 0 Å². The minimum absolute atomic E-state index is 0.273. The molecule has 0 spiro atoms. The third-order valence-electron chi connectivity index (χ3n) is 2.41. The van der Waals surface area contributed by atoms with Gasteiger partial charge in [-0.25, -0.2) is 0 Å². The smallest absolute Gasteiger partial charge is 0.305 e. The molecule has 0 aliphatic heterocycles. The molecule has 0 heterocycles. The van der Waals surface area contributed by atoms with E-state index in [4.69, 9.17) is 0 Å². The molecule has 0 fully saturated rings. The number of ether oxygens (including phenoxy) is 1. The van der Waals surface area contributed by atoms with Crippen molar-refractivity contribution >= 4 is 5.97 Å². The molecule has 90 valence electrons. The number of hydrogen-bond donors (Lipinski definition) is 2. The Bertz CT molecular complexity index is 170. The third-order valence-corrected chi connectivity index (χ3v) is 2.41. The minimum Gasteiger partial charge on any atom is -0.469 e. The Morgan fingerprint density at radius 3 is 2.20 bits per heavy atom. The van der Waals surface area contributed by atoms with E-state index in [1.165, 1.54) is 7.11 Å². The van der Waals surface area contributed by atoms with Crippen LogP contribution in [-0.4, -0.2) is 35.5 Å². The van der Waals surface area contributed by atoms with Gasteiger partial charge < -0.3 is 14.9 Å². The first kappa shape index (κ1) is 14.4. The highest BCUT2D eigenvalue weighted by Crippen LogP contribution is 2.10. The van der Waals surface area contributed by atoms with Gasteiger partial charge in [-0.1, -0.05) is 19.8 Å². The molecule has 2 N–H and O–H groups in total. The van der Waals surface area contributed by atoms with Gasteiger partial charge in [-0.2, -0.15) is 0 Å². The normalized spacial score (nSPS) is 14.7. The molecule has 0 bridgehead atoms. The first-order chi connectivity index (χ1) is 7.11. The number of carbonyl (C=O) groups is 1. The molecular weight excluding hydrogens is 196 g/mol. The fourth-order valence-electron chi connectivity index (χ4n) is 1.36. The molecule has 0 aliphatic rings. The lowest BCUT2D eigenvalue weighted by atomic mass is 10.0. The fraction of sp³-hybridized carbons (Fsp3) is 0.909. The molecule has 0 radical (unpaired) electrons. The topological polar surface area (TPSA) is 66.8 Å². The second-order valence-corrected chi connectivity index (χ2v) is 3.75. The predicted octanol–water partition coefficient (Wildman–Crippen LogP) is 1.24. The summed E-state index contributed by atoms with van der Waals surface area (Å²) < 4.78 is 4.47. The minimum atomic E-state index is -0.721. The Labute approximate surface area is 91.3 Å². The lowest BCUT2D eigenvalue weighted by Gasteiger charge is -2.16. The van der Waals surface area contributed by atoms with Gasteiger partial charge in [0, 0.05) is 6.42 Å². The van der Waals surface area contributed by atoms with Crippen LogP contribution in [0.2, 0.25) is 0 Å². The van der Waals surface area contributed by atoms with E-state index in [9.17, 15) is 15.0 Å². The van der Waals surface area contributed by atoms with Gasteiger partial charge >= 0.3 is 5.97 Å². The largest absolute Gasteiger partial charge is 0.469 e. The summed E-state index contributed by atoms with van der Waals surface area (Å²) in [7, 11) is 1.34. The van der Waals surface area contributed by atoms with Crippen molar-refractivity contribution in [2.24, 2.45) is 0 Å². The van der Waals surface area contributed by atoms with E-state index in [-0.39, 0.29) is 5.97 Å². The highest BCUT2D eigenvalue weighted by Gasteiger charge is 2.15. The van der Waals surface area contributed by atoms with Crippen molar-refractivity contribution in [1.82, 2.24) is 0 Å². The fourth-order valence-corrected chi connectivity index (χ4v) is 1.36. The van der Waals surface area contributed by atoms with Crippen LogP contribution in [-0.2, 0) is 9.53 Å². The second kappa shape index (κ2) is 8.68. The molecule has 0 aromatic heterocycles. The van der Waals surface area contributed by atoms with Gasteiger partial charge in [0.2, 0.25) is 0 Å². The lowest BCUT2D eigenvalue weighted by molar-refractivity contribution is -0.140. The molecule has 0 aliphatic carbocycles. The summed E-state index contributed by atoms with van der Waals surface area (Å²) in [6, 6.07) is 0. The van der Waals surface area contributed by atoms with E-state index >= 15 is 0 Å². The van der Waals surface area contributed by atoms with Gasteiger partial charge in [-0.05, 0) is 19.3 Å². The number of esters is 1. The van der Waals surface area contributed by atoms with E-state index in [1.54, 1.807) is 0 Å². The monoisotopic (exact) mass is 218 g/mol. The molecule has 0 rings (SSSR count). The zero-order chi connectivity index (χ0) is 11.7. The summed E-state index contributed by atoms with van der Waals surface area (Å²) in [6.07, 6.45) is 2.45. The second-order valence-electron chi connectivity index (χ2n) is 3.75. The van der Waals surface area contributed by atoms with Crippen molar-refractivity contribution in [3.63, 3.8) is 0 Å². The van der Waals surface area contributed by atoms with E-state index in [0.717, 1.165) is 12.8 Å². The summed E-state index contributed by atoms with van der Waals surface area (Å²) >= 11 is 0. The summed E-state index contributed by atoms with van der Waals surface area (Å²) in [5, 5.41) is 19.0. The van der Waals surface area contributed by atoms with Crippen LogP contribution in [0.3, 0.4) is 0 Å². The van der Waals surface area contributed by atoms with Crippen LogP contribution in [0.4, 0.5) is 0 Å². The lowest BCUT2D eigenvalue weighted by Crippen LogP contribution is -2.25. The number of hydrogen-bond acceptors (Lipinski definition) is 4. The van der Waals surface area contributed by atoms with Crippen LogP contribution in [0.25, 0.3) is 0 Å².